The summed E-state index contributed by atoms with van der Waals surface area (Å²) in [6.07, 6.45) is 0. The van der Waals surface area contributed by atoms with Crippen LogP contribution in [0.25, 0.3) is 11.1 Å². The SMILES string of the molecule is COc1ccc(OC)c(-c2cc(C(C)(C)C)ccc2N)c1. The lowest BCUT2D eigenvalue weighted by Crippen LogP contribution is -2.11. The van der Waals surface area contributed by atoms with Crippen molar-refractivity contribution in [3.63, 3.8) is 0 Å². The van der Waals surface area contributed by atoms with Gasteiger partial charge in [-0.1, -0.05) is 26.8 Å². The summed E-state index contributed by atoms with van der Waals surface area (Å²) in [5.74, 6) is 1.57. The molecule has 0 aromatic heterocycles. The van der Waals surface area contributed by atoms with Crippen LogP contribution in [0.3, 0.4) is 0 Å². The molecule has 2 aromatic carbocycles. The fraction of sp³-hybridized carbons (Fsp3) is 0.333. The van der Waals surface area contributed by atoms with Gasteiger partial charge in [0.2, 0.25) is 0 Å². The first-order chi connectivity index (χ1) is 9.86. The highest BCUT2D eigenvalue weighted by Crippen LogP contribution is 2.38. The minimum atomic E-state index is 0.0640. The van der Waals surface area contributed by atoms with E-state index in [4.69, 9.17) is 15.2 Å². The minimum absolute atomic E-state index is 0.0640. The second-order valence-electron chi connectivity index (χ2n) is 6.12. The lowest BCUT2D eigenvalue weighted by atomic mass is 9.85. The highest BCUT2D eigenvalue weighted by atomic mass is 16.5. The number of hydrogen-bond acceptors (Lipinski definition) is 3. The highest BCUT2D eigenvalue weighted by Gasteiger charge is 2.17. The summed E-state index contributed by atoms with van der Waals surface area (Å²) >= 11 is 0. The van der Waals surface area contributed by atoms with Crippen LogP contribution in [0, 0.1) is 0 Å². The first kappa shape index (κ1) is 15.2. The Bertz CT molecular complexity index is 642. The van der Waals surface area contributed by atoms with E-state index in [1.807, 2.05) is 24.3 Å². The summed E-state index contributed by atoms with van der Waals surface area (Å²) < 4.78 is 10.8. The Balaban J connectivity index is 2.65. The number of hydrogen-bond donors (Lipinski definition) is 1. The smallest absolute Gasteiger partial charge is 0.127 e. The van der Waals surface area contributed by atoms with Crippen molar-refractivity contribution in [3.8, 4) is 22.6 Å². The van der Waals surface area contributed by atoms with E-state index in [9.17, 15) is 0 Å². The Morgan fingerprint density at radius 1 is 0.857 bits per heavy atom. The van der Waals surface area contributed by atoms with Gasteiger partial charge >= 0.3 is 0 Å². The molecule has 0 saturated carbocycles. The molecule has 0 aliphatic heterocycles. The molecule has 0 heterocycles. The Hall–Kier alpha value is -2.16. The summed E-state index contributed by atoms with van der Waals surface area (Å²) in [5, 5.41) is 0. The Morgan fingerprint density at radius 2 is 1.57 bits per heavy atom. The summed E-state index contributed by atoms with van der Waals surface area (Å²) in [6.45, 7) is 6.56. The first-order valence-corrected chi connectivity index (χ1v) is 6.99. The van der Waals surface area contributed by atoms with Crippen LogP contribution < -0.4 is 15.2 Å². The standard InChI is InChI=1S/C18H23NO2/c1-18(2,3)12-6-8-16(19)14(10-12)15-11-13(20-4)7-9-17(15)21-5/h6-11H,19H2,1-5H3. The van der Waals surface area contributed by atoms with Gasteiger partial charge in [-0.3, -0.25) is 0 Å². The lowest BCUT2D eigenvalue weighted by molar-refractivity contribution is 0.404. The van der Waals surface area contributed by atoms with Crippen LogP contribution in [0.15, 0.2) is 36.4 Å². The van der Waals surface area contributed by atoms with E-state index in [-0.39, 0.29) is 5.41 Å². The van der Waals surface area contributed by atoms with Gasteiger partial charge in [0.05, 0.1) is 14.2 Å². The maximum atomic E-state index is 6.18. The van der Waals surface area contributed by atoms with Gasteiger partial charge in [-0.15, -0.1) is 0 Å². The molecule has 112 valence electrons. The zero-order valence-electron chi connectivity index (χ0n) is 13.4. The Labute approximate surface area is 126 Å². The molecule has 3 nitrogen and oxygen atoms in total. The fourth-order valence-corrected chi connectivity index (χ4v) is 2.28. The van der Waals surface area contributed by atoms with Crippen molar-refractivity contribution >= 4 is 5.69 Å². The van der Waals surface area contributed by atoms with Gasteiger partial charge in [-0.05, 0) is 41.3 Å². The highest BCUT2D eigenvalue weighted by molar-refractivity contribution is 5.82. The minimum Gasteiger partial charge on any atom is -0.497 e. The molecule has 0 spiro atoms. The van der Waals surface area contributed by atoms with Crippen LogP contribution in [0.1, 0.15) is 26.3 Å². The first-order valence-electron chi connectivity index (χ1n) is 6.99. The maximum absolute atomic E-state index is 6.18. The van der Waals surface area contributed by atoms with E-state index in [2.05, 4.69) is 32.9 Å². The Kier molecular flexibility index (Phi) is 4.12. The van der Waals surface area contributed by atoms with E-state index in [0.717, 1.165) is 28.3 Å². The molecule has 0 aliphatic carbocycles. The Morgan fingerprint density at radius 3 is 2.14 bits per heavy atom. The molecule has 2 N–H and O–H groups in total. The monoisotopic (exact) mass is 285 g/mol. The summed E-state index contributed by atoms with van der Waals surface area (Å²) in [6, 6.07) is 11.9. The van der Waals surface area contributed by atoms with Crippen molar-refractivity contribution in [3.05, 3.63) is 42.0 Å². The lowest BCUT2D eigenvalue weighted by Gasteiger charge is -2.21. The third-order valence-corrected chi connectivity index (χ3v) is 3.62. The molecule has 0 radical (unpaired) electrons. The number of nitrogen functional groups attached to an aromatic ring is 1. The maximum Gasteiger partial charge on any atom is 0.127 e. The van der Waals surface area contributed by atoms with E-state index < -0.39 is 0 Å². The van der Waals surface area contributed by atoms with Gasteiger partial charge < -0.3 is 15.2 Å². The van der Waals surface area contributed by atoms with Gasteiger partial charge in [-0.2, -0.15) is 0 Å². The van der Waals surface area contributed by atoms with Crippen LogP contribution in [0.4, 0.5) is 5.69 Å². The van der Waals surface area contributed by atoms with Crippen LogP contribution in [-0.4, -0.2) is 14.2 Å². The quantitative estimate of drug-likeness (QED) is 0.857. The third-order valence-electron chi connectivity index (χ3n) is 3.62. The van der Waals surface area contributed by atoms with Crippen molar-refractivity contribution in [2.75, 3.05) is 20.0 Å². The zero-order chi connectivity index (χ0) is 15.6. The molecular weight excluding hydrogens is 262 g/mol. The van der Waals surface area contributed by atoms with Crippen LogP contribution in [0.2, 0.25) is 0 Å². The average molecular weight is 285 g/mol. The normalized spacial score (nSPS) is 11.3. The molecular formula is C18H23NO2. The molecule has 0 atom stereocenters. The number of benzene rings is 2. The van der Waals surface area contributed by atoms with Crippen molar-refractivity contribution in [1.29, 1.82) is 0 Å². The molecule has 2 rings (SSSR count). The summed E-state index contributed by atoms with van der Waals surface area (Å²) in [4.78, 5) is 0. The van der Waals surface area contributed by atoms with E-state index >= 15 is 0 Å². The fourth-order valence-electron chi connectivity index (χ4n) is 2.28. The molecule has 0 fully saturated rings. The second-order valence-corrected chi connectivity index (χ2v) is 6.12. The molecule has 0 saturated heterocycles. The van der Waals surface area contributed by atoms with Crippen molar-refractivity contribution in [2.45, 2.75) is 26.2 Å². The molecule has 3 heteroatoms. The predicted octanol–water partition coefficient (Wildman–Crippen LogP) is 4.25. The van der Waals surface area contributed by atoms with Gasteiger partial charge in [0.15, 0.2) is 0 Å². The van der Waals surface area contributed by atoms with Gasteiger partial charge in [-0.25, -0.2) is 0 Å². The largest absolute Gasteiger partial charge is 0.497 e. The number of anilines is 1. The van der Waals surface area contributed by atoms with E-state index in [1.54, 1.807) is 14.2 Å². The number of rotatable bonds is 3. The molecule has 0 amide bonds. The molecule has 0 aliphatic rings. The zero-order valence-corrected chi connectivity index (χ0v) is 13.4. The predicted molar refractivity (Wildman–Crippen MR) is 88.1 cm³/mol. The summed E-state index contributed by atoms with van der Waals surface area (Å²) in [5.41, 5.74) is 10.1. The number of nitrogens with two attached hydrogens (primary N) is 1. The second kappa shape index (κ2) is 5.68. The van der Waals surface area contributed by atoms with Gasteiger partial charge in [0.1, 0.15) is 11.5 Å². The molecule has 0 bridgehead atoms. The average Bonchev–Trinajstić information content (AvgIpc) is 2.45. The molecule has 2 aromatic rings. The van der Waals surface area contributed by atoms with Crippen LogP contribution in [-0.2, 0) is 5.41 Å². The number of ether oxygens (including phenoxy) is 2. The third kappa shape index (κ3) is 3.13. The van der Waals surface area contributed by atoms with Crippen molar-refractivity contribution < 1.29 is 9.47 Å². The molecule has 0 unspecified atom stereocenters. The van der Waals surface area contributed by atoms with Crippen molar-refractivity contribution in [2.24, 2.45) is 0 Å². The van der Waals surface area contributed by atoms with Crippen LogP contribution in [0.5, 0.6) is 11.5 Å². The topological polar surface area (TPSA) is 44.5 Å². The number of methoxy groups -OCH3 is 2. The summed E-state index contributed by atoms with van der Waals surface area (Å²) in [7, 11) is 3.32. The molecule has 21 heavy (non-hydrogen) atoms. The van der Waals surface area contributed by atoms with E-state index in [0.29, 0.717) is 0 Å². The van der Waals surface area contributed by atoms with Gasteiger partial charge in [0.25, 0.3) is 0 Å². The van der Waals surface area contributed by atoms with Crippen molar-refractivity contribution in [1.82, 2.24) is 0 Å². The van der Waals surface area contributed by atoms with Crippen LogP contribution >= 0.6 is 0 Å². The van der Waals surface area contributed by atoms with Gasteiger partial charge in [0, 0.05) is 16.8 Å². The van der Waals surface area contributed by atoms with E-state index in [1.165, 1.54) is 5.56 Å².